The highest BCUT2D eigenvalue weighted by atomic mass is 127. The molecule has 0 bridgehead atoms. The Morgan fingerprint density at radius 2 is 2.31 bits per heavy atom. The SMILES string of the molecule is NCCNC(=O)c1cccc(I)c1. The van der Waals surface area contributed by atoms with Crippen LogP contribution in [-0.4, -0.2) is 19.0 Å². The lowest BCUT2D eigenvalue weighted by atomic mass is 10.2. The number of benzene rings is 1. The minimum atomic E-state index is -0.0658. The fourth-order valence-electron chi connectivity index (χ4n) is 0.917. The first-order valence-corrected chi connectivity index (χ1v) is 5.06. The van der Waals surface area contributed by atoms with Crippen LogP contribution in [0.15, 0.2) is 24.3 Å². The minimum absolute atomic E-state index is 0.0658. The Balaban J connectivity index is 2.66. The Morgan fingerprint density at radius 1 is 1.54 bits per heavy atom. The summed E-state index contributed by atoms with van der Waals surface area (Å²) in [5.74, 6) is -0.0658. The Morgan fingerprint density at radius 3 is 2.92 bits per heavy atom. The van der Waals surface area contributed by atoms with Crippen LogP contribution in [-0.2, 0) is 0 Å². The van der Waals surface area contributed by atoms with Crippen LogP contribution in [0.3, 0.4) is 0 Å². The smallest absolute Gasteiger partial charge is 0.251 e. The summed E-state index contributed by atoms with van der Waals surface area (Å²) in [6.45, 7) is 0.986. The first-order valence-electron chi connectivity index (χ1n) is 3.98. The van der Waals surface area contributed by atoms with Gasteiger partial charge in [-0.3, -0.25) is 4.79 Å². The van der Waals surface area contributed by atoms with E-state index in [0.717, 1.165) is 3.57 Å². The lowest BCUT2D eigenvalue weighted by Crippen LogP contribution is -2.28. The molecule has 0 saturated heterocycles. The lowest BCUT2D eigenvalue weighted by molar-refractivity contribution is 0.0954. The molecular weight excluding hydrogens is 279 g/mol. The molecule has 1 rings (SSSR count). The predicted octanol–water partition coefficient (Wildman–Crippen LogP) is 0.980. The maximum Gasteiger partial charge on any atom is 0.251 e. The van der Waals surface area contributed by atoms with Crippen molar-refractivity contribution in [3.63, 3.8) is 0 Å². The van der Waals surface area contributed by atoms with Crippen molar-refractivity contribution in [1.29, 1.82) is 0 Å². The Bertz CT molecular complexity index is 301. The standard InChI is InChI=1S/C9H11IN2O/c10-8-3-1-2-7(6-8)9(13)12-5-4-11/h1-3,6H,4-5,11H2,(H,12,13). The molecule has 3 nitrogen and oxygen atoms in total. The third kappa shape index (κ3) is 3.31. The molecule has 0 saturated carbocycles. The third-order valence-electron chi connectivity index (χ3n) is 1.52. The molecule has 0 spiro atoms. The van der Waals surface area contributed by atoms with Gasteiger partial charge in [0.15, 0.2) is 0 Å². The largest absolute Gasteiger partial charge is 0.351 e. The number of carbonyl (C=O) groups excluding carboxylic acids is 1. The average molecular weight is 290 g/mol. The second-order valence-electron chi connectivity index (χ2n) is 2.55. The quantitative estimate of drug-likeness (QED) is 0.815. The van der Waals surface area contributed by atoms with E-state index in [-0.39, 0.29) is 5.91 Å². The Kier molecular flexibility index (Phi) is 4.17. The van der Waals surface area contributed by atoms with Gasteiger partial charge in [0.05, 0.1) is 0 Å². The molecule has 0 unspecified atom stereocenters. The first kappa shape index (κ1) is 10.5. The monoisotopic (exact) mass is 290 g/mol. The zero-order valence-electron chi connectivity index (χ0n) is 7.09. The van der Waals surface area contributed by atoms with Crippen molar-refractivity contribution in [2.24, 2.45) is 5.73 Å². The van der Waals surface area contributed by atoms with Gasteiger partial charge in [-0.05, 0) is 40.8 Å². The average Bonchev–Trinajstić information content (AvgIpc) is 2.14. The van der Waals surface area contributed by atoms with Crippen molar-refractivity contribution in [3.05, 3.63) is 33.4 Å². The molecular formula is C9H11IN2O. The van der Waals surface area contributed by atoms with E-state index in [1.165, 1.54) is 0 Å². The number of rotatable bonds is 3. The van der Waals surface area contributed by atoms with Gasteiger partial charge in [-0.2, -0.15) is 0 Å². The second kappa shape index (κ2) is 5.18. The van der Waals surface area contributed by atoms with Crippen LogP contribution in [0.4, 0.5) is 0 Å². The van der Waals surface area contributed by atoms with Gasteiger partial charge in [0.1, 0.15) is 0 Å². The molecule has 0 aliphatic heterocycles. The van der Waals surface area contributed by atoms with Crippen molar-refractivity contribution >= 4 is 28.5 Å². The summed E-state index contributed by atoms with van der Waals surface area (Å²) in [5, 5.41) is 2.71. The molecule has 1 amide bonds. The van der Waals surface area contributed by atoms with Gasteiger partial charge in [0, 0.05) is 22.2 Å². The van der Waals surface area contributed by atoms with E-state index in [2.05, 4.69) is 27.9 Å². The zero-order valence-corrected chi connectivity index (χ0v) is 9.24. The summed E-state index contributed by atoms with van der Waals surface area (Å²) in [6, 6.07) is 7.43. The molecule has 0 atom stereocenters. The van der Waals surface area contributed by atoms with Gasteiger partial charge in [-0.1, -0.05) is 6.07 Å². The number of halogens is 1. The lowest BCUT2D eigenvalue weighted by Gasteiger charge is -2.02. The summed E-state index contributed by atoms with van der Waals surface area (Å²) in [7, 11) is 0. The molecule has 0 heterocycles. The van der Waals surface area contributed by atoms with Crippen molar-refractivity contribution in [1.82, 2.24) is 5.32 Å². The number of hydrogen-bond donors (Lipinski definition) is 2. The van der Waals surface area contributed by atoms with Crippen LogP contribution >= 0.6 is 22.6 Å². The topological polar surface area (TPSA) is 55.1 Å². The van der Waals surface area contributed by atoms with Gasteiger partial charge in [0.2, 0.25) is 0 Å². The van der Waals surface area contributed by atoms with Crippen molar-refractivity contribution in [3.8, 4) is 0 Å². The Labute approximate surface area is 90.8 Å². The van der Waals surface area contributed by atoms with Gasteiger partial charge in [0.25, 0.3) is 5.91 Å². The van der Waals surface area contributed by atoms with Crippen LogP contribution in [0.5, 0.6) is 0 Å². The molecule has 1 aromatic carbocycles. The van der Waals surface area contributed by atoms with Crippen LogP contribution in [0.1, 0.15) is 10.4 Å². The highest BCUT2D eigenvalue weighted by molar-refractivity contribution is 14.1. The molecule has 0 fully saturated rings. The number of nitrogens with two attached hydrogens (primary N) is 1. The maximum atomic E-state index is 11.4. The summed E-state index contributed by atoms with van der Waals surface area (Å²) < 4.78 is 1.05. The van der Waals surface area contributed by atoms with Crippen LogP contribution in [0, 0.1) is 3.57 Å². The molecule has 0 aliphatic rings. The second-order valence-corrected chi connectivity index (χ2v) is 3.80. The molecule has 70 valence electrons. The van der Waals surface area contributed by atoms with E-state index in [0.29, 0.717) is 18.7 Å². The van der Waals surface area contributed by atoms with Crippen LogP contribution < -0.4 is 11.1 Å². The van der Waals surface area contributed by atoms with Gasteiger partial charge >= 0.3 is 0 Å². The summed E-state index contributed by atoms with van der Waals surface area (Å²) >= 11 is 2.17. The van der Waals surface area contributed by atoms with Crippen molar-refractivity contribution in [2.75, 3.05) is 13.1 Å². The molecule has 0 aliphatic carbocycles. The van der Waals surface area contributed by atoms with Crippen LogP contribution in [0.2, 0.25) is 0 Å². The highest BCUT2D eigenvalue weighted by Crippen LogP contribution is 2.07. The molecule has 3 N–H and O–H groups in total. The molecule has 1 aromatic rings. The van der Waals surface area contributed by atoms with Crippen LogP contribution in [0.25, 0.3) is 0 Å². The summed E-state index contributed by atoms with van der Waals surface area (Å²) in [6.07, 6.45) is 0. The fourth-order valence-corrected chi connectivity index (χ4v) is 1.46. The first-order chi connectivity index (χ1) is 6.24. The Hall–Kier alpha value is -0.620. The van der Waals surface area contributed by atoms with Gasteiger partial charge in [-0.25, -0.2) is 0 Å². The van der Waals surface area contributed by atoms with E-state index in [1.807, 2.05) is 18.2 Å². The summed E-state index contributed by atoms with van der Waals surface area (Å²) in [5.41, 5.74) is 5.95. The number of amides is 1. The number of carbonyl (C=O) groups is 1. The highest BCUT2D eigenvalue weighted by Gasteiger charge is 2.03. The van der Waals surface area contributed by atoms with E-state index in [4.69, 9.17) is 5.73 Å². The number of hydrogen-bond acceptors (Lipinski definition) is 2. The van der Waals surface area contributed by atoms with Gasteiger partial charge in [-0.15, -0.1) is 0 Å². The van der Waals surface area contributed by atoms with Gasteiger partial charge < -0.3 is 11.1 Å². The predicted molar refractivity (Wildman–Crippen MR) is 60.5 cm³/mol. The molecule has 0 radical (unpaired) electrons. The molecule has 4 heteroatoms. The van der Waals surface area contributed by atoms with E-state index in [9.17, 15) is 4.79 Å². The minimum Gasteiger partial charge on any atom is -0.351 e. The third-order valence-corrected chi connectivity index (χ3v) is 2.19. The van der Waals surface area contributed by atoms with E-state index < -0.39 is 0 Å². The normalized spacial score (nSPS) is 9.69. The molecule has 0 aromatic heterocycles. The number of nitrogens with one attached hydrogen (secondary N) is 1. The molecule has 13 heavy (non-hydrogen) atoms. The zero-order chi connectivity index (χ0) is 9.68. The van der Waals surface area contributed by atoms with Crippen molar-refractivity contribution in [2.45, 2.75) is 0 Å². The summed E-state index contributed by atoms with van der Waals surface area (Å²) in [4.78, 5) is 11.4. The van der Waals surface area contributed by atoms with E-state index in [1.54, 1.807) is 6.07 Å². The maximum absolute atomic E-state index is 11.4. The fraction of sp³-hybridized carbons (Fsp3) is 0.222. The van der Waals surface area contributed by atoms with Crippen molar-refractivity contribution < 1.29 is 4.79 Å². The van der Waals surface area contributed by atoms with E-state index >= 15 is 0 Å².